The minimum Gasteiger partial charge on any atom is -0.481 e. The Bertz CT molecular complexity index is 507. The van der Waals surface area contributed by atoms with E-state index in [4.69, 9.17) is 5.11 Å². The first-order chi connectivity index (χ1) is 8.65. The van der Waals surface area contributed by atoms with E-state index < -0.39 is 5.97 Å². The minimum absolute atomic E-state index is 0.0770. The average Bonchev–Trinajstić information content (AvgIpc) is 2.94. The fourth-order valence-electron chi connectivity index (χ4n) is 1.73. The standard InChI is InChI=1S/C12H15N3O2S/c1-8-13-6-9(15-8)7-14-10(5-12(16)17)11-3-2-4-18-11/h2-4,6,10,14H,5,7H2,1H3,(H,13,15)(H,16,17). The zero-order valence-corrected chi connectivity index (χ0v) is 10.8. The van der Waals surface area contributed by atoms with E-state index in [0.717, 1.165) is 16.4 Å². The first kappa shape index (κ1) is 12.8. The lowest BCUT2D eigenvalue weighted by Crippen LogP contribution is -2.23. The maximum Gasteiger partial charge on any atom is 0.305 e. The van der Waals surface area contributed by atoms with Gasteiger partial charge < -0.3 is 15.4 Å². The van der Waals surface area contributed by atoms with Crippen LogP contribution in [0.1, 0.15) is 28.9 Å². The molecule has 5 nitrogen and oxygen atoms in total. The van der Waals surface area contributed by atoms with Crippen molar-refractivity contribution >= 4 is 17.3 Å². The molecule has 0 amide bonds. The summed E-state index contributed by atoms with van der Waals surface area (Å²) in [6.45, 7) is 2.47. The number of carboxylic acid groups (broad SMARTS) is 1. The van der Waals surface area contributed by atoms with Crippen LogP contribution < -0.4 is 5.32 Å². The van der Waals surface area contributed by atoms with Crippen molar-refractivity contribution in [3.05, 3.63) is 40.1 Å². The number of aromatic amines is 1. The topological polar surface area (TPSA) is 78.0 Å². The van der Waals surface area contributed by atoms with Crippen molar-refractivity contribution in [2.75, 3.05) is 0 Å². The van der Waals surface area contributed by atoms with E-state index in [2.05, 4.69) is 15.3 Å². The number of aliphatic carboxylic acids is 1. The van der Waals surface area contributed by atoms with Crippen molar-refractivity contribution in [3.63, 3.8) is 0 Å². The molecule has 2 aromatic heterocycles. The summed E-state index contributed by atoms with van der Waals surface area (Å²) in [7, 11) is 0. The smallest absolute Gasteiger partial charge is 0.305 e. The predicted octanol–water partition coefficient (Wildman–Crippen LogP) is 2.09. The second-order valence-electron chi connectivity index (χ2n) is 4.04. The Hall–Kier alpha value is -1.66. The first-order valence-corrected chi connectivity index (χ1v) is 6.52. The minimum atomic E-state index is -0.804. The molecule has 0 saturated carbocycles. The molecule has 0 aliphatic rings. The molecule has 6 heteroatoms. The summed E-state index contributed by atoms with van der Waals surface area (Å²) < 4.78 is 0. The van der Waals surface area contributed by atoms with Gasteiger partial charge in [0.1, 0.15) is 5.82 Å². The molecule has 2 rings (SSSR count). The molecular formula is C12H15N3O2S. The highest BCUT2D eigenvalue weighted by Crippen LogP contribution is 2.22. The summed E-state index contributed by atoms with van der Waals surface area (Å²) in [6, 6.07) is 3.71. The van der Waals surface area contributed by atoms with Crippen LogP contribution in [0.25, 0.3) is 0 Å². The zero-order chi connectivity index (χ0) is 13.0. The SMILES string of the molecule is Cc1ncc(CNC(CC(=O)O)c2cccs2)[nH]1. The number of imidazole rings is 1. The Balaban J connectivity index is 1.99. The maximum atomic E-state index is 10.9. The van der Waals surface area contributed by atoms with Crippen LogP contribution in [0.5, 0.6) is 0 Å². The van der Waals surface area contributed by atoms with Crippen LogP contribution >= 0.6 is 11.3 Å². The summed E-state index contributed by atoms with van der Waals surface area (Å²) >= 11 is 1.56. The van der Waals surface area contributed by atoms with E-state index in [9.17, 15) is 4.79 Å². The van der Waals surface area contributed by atoms with Crippen LogP contribution in [0.15, 0.2) is 23.7 Å². The van der Waals surface area contributed by atoms with Crippen molar-refractivity contribution in [2.45, 2.75) is 25.9 Å². The number of aryl methyl sites for hydroxylation is 1. The molecule has 0 aliphatic heterocycles. The van der Waals surface area contributed by atoms with E-state index in [1.165, 1.54) is 0 Å². The van der Waals surface area contributed by atoms with Crippen LogP contribution in [0.2, 0.25) is 0 Å². The maximum absolute atomic E-state index is 10.9. The Morgan fingerprint density at radius 2 is 2.50 bits per heavy atom. The van der Waals surface area contributed by atoms with Crippen LogP contribution in [0, 0.1) is 6.92 Å². The second-order valence-corrected chi connectivity index (χ2v) is 5.02. The molecule has 2 aromatic rings. The second kappa shape index (κ2) is 5.79. The van der Waals surface area contributed by atoms with Crippen LogP contribution in [0.4, 0.5) is 0 Å². The molecule has 1 atom stereocenters. The number of H-pyrrole nitrogens is 1. The molecule has 1 unspecified atom stereocenters. The molecular weight excluding hydrogens is 250 g/mol. The number of carbonyl (C=O) groups is 1. The van der Waals surface area contributed by atoms with Crippen LogP contribution in [-0.4, -0.2) is 21.0 Å². The monoisotopic (exact) mass is 265 g/mol. The Morgan fingerprint density at radius 1 is 1.67 bits per heavy atom. The number of aromatic nitrogens is 2. The van der Waals surface area contributed by atoms with Gasteiger partial charge in [0.25, 0.3) is 0 Å². The highest BCUT2D eigenvalue weighted by Gasteiger charge is 2.16. The highest BCUT2D eigenvalue weighted by molar-refractivity contribution is 7.10. The van der Waals surface area contributed by atoms with Gasteiger partial charge in [-0.3, -0.25) is 4.79 Å². The van der Waals surface area contributed by atoms with E-state index in [1.54, 1.807) is 17.5 Å². The van der Waals surface area contributed by atoms with Gasteiger partial charge >= 0.3 is 5.97 Å². The summed E-state index contributed by atoms with van der Waals surface area (Å²) in [6.07, 6.45) is 1.84. The van der Waals surface area contributed by atoms with Crippen molar-refractivity contribution in [3.8, 4) is 0 Å². The third kappa shape index (κ3) is 3.41. The molecule has 2 heterocycles. The molecule has 0 spiro atoms. The van der Waals surface area contributed by atoms with E-state index in [0.29, 0.717) is 6.54 Å². The van der Waals surface area contributed by atoms with Gasteiger partial charge in [0.2, 0.25) is 0 Å². The Morgan fingerprint density at radius 3 is 3.06 bits per heavy atom. The molecule has 96 valence electrons. The van der Waals surface area contributed by atoms with Gasteiger partial charge in [0.15, 0.2) is 0 Å². The van der Waals surface area contributed by atoms with Gasteiger partial charge in [-0.05, 0) is 18.4 Å². The van der Waals surface area contributed by atoms with Gasteiger partial charge in [-0.15, -0.1) is 11.3 Å². The number of hydrogen-bond acceptors (Lipinski definition) is 4. The molecule has 3 N–H and O–H groups in total. The van der Waals surface area contributed by atoms with Gasteiger partial charge in [0, 0.05) is 23.3 Å². The third-order valence-corrected chi connectivity index (χ3v) is 3.55. The van der Waals surface area contributed by atoms with Crippen LogP contribution in [-0.2, 0) is 11.3 Å². The average molecular weight is 265 g/mol. The first-order valence-electron chi connectivity index (χ1n) is 5.64. The number of nitrogens with zero attached hydrogens (tertiary/aromatic N) is 1. The number of carboxylic acids is 1. The fraction of sp³-hybridized carbons (Fsp3) is 0.333. The Kier molecular flexibility index (Phi) is 4.11. The predicted molar refractivity (Wildman–Crippen MR) is 69.5 cm³/mol. The largest absolute Gasteiger partial charge is 0.481 e. The van der Waals surface area contributed by atoms with E-state index in [1.807, 2.05) is 24.4 Å². The number of rotatable bonds is 6. The molecule has 0 aromatic carbocycles. The third-order valence-electron chi connectivity index (χ3n) is 2.56. The number of nitrogens with one attached hydrogen (secondary N) is 2. The fourth-order valence-corrected chi connectivity index (χ4v) is 2.53. The number of thiophene rings is 1. The van der Waals surface area contributed by atoms with Crippen molar-refractivity contribution in [1.82, 2.24) is 15.3 Å². The summed E-state index contributed by atoms with van der Waals surface area (Å²) in [4.78, 5) is 19.1. The van der Waals surface area contributed by atoms with Crippen molar-refractivity contribution in [2.24, 2.45) is 0 Å². The van der Waals surface area contributed by atoms with Crippen molar-refractivity contribution < 1.29 is 9.90 Å². The lowest BCUT2D eigenvalue weighted by molar-refractivity contribution is -0.137. The summed E-state index contributed by atoms with van der Waals surface area (Å²) in [5, 5.41) is 14.1. The van der Waals surface area contributed by atoms with Crippen molar-refractivity contribution in [1.29, 1.82) is 0 Å². The highest BCUT2D eigenvalue weighted by atomic mass is 32.1. The zero-order valence-electron chi connectivity index (χ0n) is 10.0. The lowest BCUT2D eigenvalue weighted by Gasteiger charge is -2.14. The molecule has 0 aliphatic carbocycles. The quantitative estimate of drug-likeness (QED) is 0.747. The van der Waals surface area contributed by atoms with Gasteiger partial charge in [-0.1, -0.05) is 6.07 Å². The normalized spacial score (nSPS) is 12.5. The molecule has 0 bridgehead atoms. The van der Waals surface area contributed by atoms with Crippen LogP contribution in [0.3, 0.4) is 0 Å². The van der Waals surface area contributed by atoms with E-state index >= 15 is 0 Å². The lowest BCUT2D eigenvalue weighted by atomic mass is 10.1. The molecule has 0 radical (unpaired) electrons. The van der Waals surface area contributed by atoms with Gasteiger partial charge in [-0.2, -0.15) is 0 Å². The number of hydrogen-bond donors (Lipinski definition) is 3. The van der Waals surface area contributed by atoms with E-state index in [-0.39, 0.29) is 12.5 Å². The molecule has 18 heavy (non-hydrogen) atoms. The molecule has 0 saturated heterocycles. The molecule has 0 fully saturated rings. The Labute approximate surface area is 109 Å². The van der Waals surface area contributed by atoms with Gasteiger partial charge in [-0.25, -0.2) is 4.98 Å². The summed E-state index contributed by atoms with van der Waals surface area (Å²) in [5.74, 6) is 0.0550. The van der Waals surface area contributed by atoms with Gasteiger partial charge in [0.05, 0.1) is 12.5 Å². The summed E-state index contributed by atoms with van der Waals surface area (Å²) in [5.41, 5.74) is 0.958.